The van der Waals surface area contributed by atoms with Crippen molar-refractivity contribution in [2.24, 2.45) is 0 Å². The molecule has 0 amide bonds. The van der Waals surface area contributed by atoms with Gasteiger partial charge in [0.25, 0.3) is 20.0 Å². The minimum Gasteiger partial charge on any atom is -0.378 e. The molecule has 43 heavy (non-hydrogen) atoms. The molecule has 0 spiro atoms. The van der Waals surface area contributed by atoms with Crippen LogP contribution < -0.4 is 14.3 Å². The van der Waals surface area contributed by atoms with Gasteiger partial charge in [0.2, 0.25) is 16.2 Å². The molecule has 232 valence electrons. The zero-order valence-electron chi connectivity index (χ0n) is 24.2. The number of benzene rings is 2. The summed E-state index contributed by atoms with van der Waals surface area (Å²) in [5, 5.41) is 0.428. The molecule has 0 aliphatic carbocycles. The molecule has 0 atom stereocenters. The number of rotatable bonds is 7. The SMILES string of the molecule is Cc1ccc(F)cc1S(=O)(=O)Nc1nc(N2CCOCC2)ns1.Cc1nsc(NS(=O)(=O)c2ccc(C(C)(C)C)cc2)n1. The average Bonchev–Trinajstić information content (AvgIpc) is 3.58. The topological polar surface area (TPSA) is 156 Å². The maximum atomic E-state index is 13.3. The van der Waals surface area contributed by atoms with Crippen molar-refractivity contribution in [3.8, 4) is 0 Å². The van der Waals surface area contributed by atoms with Crippen LogP contribution in [0.15, 0.2) is 52.3 Å². The van der Waals surface area contributed by atoms with Gasteiger partial charge in [-0.25, -0.2) is 26.2 Å². The zero-order chi connectivity index (χ0) is 31.4. The van der Waals surface area contributed by atoms with Crippen molar-refractivity contribution in [1.29, 1.82) is 0 Å². The van der Waals surface area contributed by atoms with Crippen LogP contribution in [0.25, 0.3) is 0 Å². The quantitative estimate of drug-likeness (QED) is 0.286. The van der Waals surface area contributed by atoms with Crippen LogP contribution >= 0.6 is 23.1 Å². The van der Waals surface area contributed by atoms with Crippen molar-refractivity contribution < 1.29 is 26.0 Å². The van der Waals surface area contributed by atoms with Gasteiger partial charge < -0.3 is 9.64 Å². The van der Waals surface area contributed by atoms with E-state index in [-0.39, 0.29) is 25.5 Å². The van der Waals surface area contributed by atoms with Crippen LogP contribution in [0, 0.1) is 19.7 Å². The summed E-state index contributed by atoms with van der Waals surface area (Å²) in [6.45, 7) is 12.1. The number of anilines is 3. The van der Waals surface area contributed by atoms with Gasteiger partial charge >= 0.3 is 0 Å². The molecule has 3 heterocycles. The highest BCUT2D eigenvalue weighted by atomic mass is 32.2. The maximum Gasteiger partial charge on any atom is 0.264 e. The van der Waals surface area contributed by atoms with Gasteiger partial charge in [0.1, 0.15) is 11.6 Å². The number of hydrogen-bond acceptors (Lipinski definition) is 12. The third-order valence-electron chi connectivity index (χ3n) is 6.15. The summed E-state index contributed by atoms with van der Waals surface area (Å²) < 4.78 is 80.6. The lowest BCUT2D eigenvalue weighted by Crippen LogP contribution is -2.36. The van der Waals surface area contributed by atoms with Gasteiger partial charge in [0.05, 0.1) is 23.0 Å². The number of halogens is 1. The molecule has 12 nitrogen and oxygen atoms in total. The zero-order valence-corrected chi connectivity index (χ0v) is 27.4. The Morgan fingerprint density at radius 1 is 0.860 bits per heavy atom. The smallest absolute Gasteiger partial charge is 0.264 e. The van der Waals surface area contributed by atoms with E-state index in [1.54, 1.807) is 26.0 Å². The van der Waals surface area contributed by atoms with Gasteiger partial charge in [0, 0.05) is 36.2 Å². The molecule has 1 aliphatic rings. The fourth-order valence-corrected chi connectivity index (χ4v) is 7.70. The number of ether oxygens (including phenoxy) is 1. The second kappa shape index (κ2) is 13.2. The van der Waals surface area contributed by atoms with Crippen molar-refractivity contribution in [3.63, 3.8) is 0 Å². The first kappa shape index (κ1) is 32.7. The molecular formula is C26H32FN7O5S4. The third-order valence-corrected chi connectivity index (χ3v) is 10.6. The van der Waals surface area contributed by atoms with Gasteiger partial charge in [-0.1, -0.05) is 39.0 Å². The van der Waals surface area contributed by atoms with Crippen molar-refractivity contribution in [2.75, 3.05) is 40.6 Å². The summed E-state index contributed by atoms with van der Waals surface area (Å²) >= 11 is 1.97. The normalized spacial score (nSPS) is 14.1. The first-order valence-corrected chi connectivity index (χ1v) is 17.5. The van der Waals surface area contributed by atoms with Crippen LogP contribution in [0.4, 0.5) is 20.6 Å². The van der Waals surface area contributed by atoms with Crippen molar-refractivity contribution in [3.05, 3.63) is 65.2 Å². The summed E-state index contributed by atoms with van der Waals surface area (Å²) in [6, 6.07) is 10.5. The number of morpholine rings is 1. The molecule has 1 saturated heterocycles. The van der Waals surface area contributed by atoms with Crippen molar-refractivity contribution in [2.45, 2.75) is 49.8 Å². The number of aromatic nitrogens is 4. The summed E-state index contributed by atoms with van der Waals surface area (Å²) in [6.07, 6.45) is 0. The summed E-state index contributed by atoms with van der Waals surface area (Å²) in [5.41, 5.74) is 1.53. The number of nitrogens with one attached hydrogen (secondary N) is 2. The molecule has 0 saturated carbocycles. The molecule has 2 N–H and O–H groups in total. The molecule has 2 aromatic heterocycles. The Kier molecular flexibility index (Phi) is 10.0. The maximum absolute atomic E-state index is 13.3. The average molecular weight is 670 g/mol. The van der Waals surface area contributed by atoms with Gasteiger partial charge in [-0.3, -0.25) is 9.44 Å². The predicted octanol–water partition coefficient (Wildman–Crippen LogP) is 4.57. The van der Waals surface area contributed by atoms with Gasteiger partial charge in [-0.15, -0.1) is 0 Å². The minimum atomic E-state index is -3.91. The minimum absolute atomic E-state index is 0.00788. The molecule has 0 unspecified atom stereocenters. The lowest BCUT2D eigenvalue weighted by atomic mass is 9.87. The lowest BCUT2D eigenvalue weighted by Gasteiger charge is -2.25. The second-order valence-corrected chi connectivity index (χ2v) is 15.4. The van der Waals surface area contributed by atoms with E-state index in [4.69, 9.17) is 4.74 Å². The monoisotopic (exact) mass is 669 g/mol. The molecule has 0 radical (unpaired) electrons. The molecule has 2 aromatic carbocycles. The van der Waals surface area contributed by atoms with Gasteiger partial charge in [-0.05, 0) is 54.7 Å². The molecule has 1 aliphatic heterocycles. The number of hydrogen-bond donors (Lipinski definition) is 2. The highest BCUT2D eigenvalue weighted by Gasteiger charge is 2.22. The fraction of sp³-hybridized carbons (Fsp3) is 0.385. The highest BCUT2D eigenvalue weighted by Crippen LogP contribution is 2.26. The summed E-state index contributed by atoms with van der Waals surface area (Å²) in [7, 11) is -7.51. The van der Waals surface area contributed by atoms with Crippen LogP contribution in [0.3, 0.4) is 0 Å². The van der Waals surface area contributed by atoms with E-state index in [2.05, 4.69) is 48.9 Å². The molecule has 0 bridgehead atoms. The molecule has 17 heteroatoms. The molecule has 4 aromatic rings. The number of sulfonamides is 2. The molecule has 5 rings (SSSR count). The van der Waals surface area contributed by atoms with Gasteiger partial charge in [0.15, 0.2) is 0 Å². The first-order valence-electron chi connectivity index (χ1n) is 13.0. The van der Waals surface area contributed by atoms with E-state index < -0.39 is 25.9 Å². The number of aryl methyl sites for hydroxylation is 2. The fourth-order valence-electron chi connectivity index (χ4n) is 3.83. The Hall–Kier alpha value is -3.25. The third kappa shape index (κ3) is 8.66. The van der Waals surface area contributed by atoms with E-state index in [9.17, 15) is 21.2 Å². The van der Waals surface area contributed by atoms with E-state index in [0.717, 1.165) is 34.7 Å². The highest BCUT2D eigenvalue weighted by molar-refractivity contribution is 7.93. The Morgan fingerprint density at radius 3 is 2.07 bits per heavy atom. The summed E-state index contributed by atoms with van der Waals surface area (Å²) in [5.74, 6) is 0.407. The van der Waals surface area contributed by atoms with Crippen molar-refractivity contribution in [1.82, 2.24) is 18.7 Å². The van der Waals surface area contributed by atoms with Crippen LogP contribution in [-0.4, -0.2) is 61.9 Å². The Labute approximate surface area is 258 Å². The molecule has 1 fully saturated rings. The first-order chi connectivity index (χ1) is 20.1. The Balaban J connectivity index is 0.000000199. The lowest BCUT2D eigenvalue weighted by molar-refractivity contribution is 0.122. The van der Waals surface area contributed by atoms with Gasteiger partial charge in [-0.2, -0.15) is 13.7 Å². The van der Waals surface area contributed by atoms with Crippen LogP contribution in [0.2, 0.25) is 0 Å². The van der Waals surface area contributed by atoms with E-state index in [1.807, 2.05) is 17.0 Å². The van der Waals surface area contributed by atoms with Crippen molar-refractivity contribution >= 4 is 59.3 Å². The number of nitrogens with zero attached hydrogens (tertiary/aromatic N) is 5. The van der Waals surface area contributed by atoms with Crippen LogP contribution in [0.1, 0.15) is 37.7 Å². The van der Waals surface area contributed by atoms with Crippen LogP contribution in [0.5, 0.6) is 0 Å². The Bertz CT molecular complexity index is 1760. The Morgan fingerprint density at radius 2 is 1.47 bits per heavy atom. The van der Waals surface area contributed by atoms with E-state index >= 15 is 0 Å². The predicted molar refractivity (Wildman–Crippen MR) is 165 cm³/mol. The second-order valence-electron chi connectivity index (χ2n) is 10.5. The standard InChI is InChI=1S/C13H15FN4O3S2.C13H17N3O2S2/c1-9-2-3-10(14)8-11(9)23(19,20)17-13-15-12(16-22-13)18-4-6-21-7-5-18;1-9-14-12(19-15-9)16-20(17,18)11-7-5-10(6-8-11)13(2,3)4/h2-3,8H,4-7H2,1H3,(H,15,16,17);5-8H,1-4H3,(H,14,15,16). The van der Waals surface area contributed by atoms with E-state index in [0.29, 0.717) is 43.6 Å². The molecular weight excluding hydrogens is 638 g/mol. The van der Waals surface area contributed by atoms with Crippen LogP contribution in [-0.2, 0) is 30.2 Å². The van der Waals surface area contributed by atoms with E-state index in [1.165, 1.54) is 12.1 Å². The largest absolute Gasteiger partial charge is 0.378 e. The summed E-state index contributed by atoms with van der Waals surface area (Å²) in [4.78, 5) is 10.2.